The summed E-state index contributed by atoms with van der Waals surface area (Å²) < 4.78 is 7.44. The molecular formula is C31H38N2O. The third-order valence-electron chi connectivity index (χ3n) is 10.3. The topological polar surface area (TPSA) is 34.2 Å². The average Bonchev–Trinajstić information content (AvgIpc) is 3.33. The molecule has 34 heavy (non-hydrogen) atoms. The Balaban J connectivity index is 1.25. The van der Waals surface area contributed by atoms with Crippen molar-refractivity contribution in [1.29, 1.82) is 0 Å². The van der Waals surface area contributed by atoms with E-state index in [9.17, 15) is 0 Å². The van der Waals surface area contributed by atoms with Gasteiger partial charge in [-0.2, -0.15) is 0 Å². The van der Waals surface area contributed by atoms with E-state index in [-0.39, 0.29) is 16.6 Å². The van der Waals surface area contributed by atoms with E-state index < -0.39 is 0 Å². The fourth-order valence-corrected chi connectivity index (χ4v) is 8.89. The van der Waals surface area contributed by atoms with E-state index in [2.05, 4.69) is 67.5 Å². The van der Waals surface area contributed by atoms with Gasteiger partial charge in [-0.3, -0.25) is 4.98 Å². The molecule has 1 aromatic carbocycles. The van der Waals surface area contributed by atoms with Crippen molar-refractivity contribution in [2.45, 2.75) is 101 Å². The molecule has 0 amide bonds. The van der Waals surface area contributed by atoms with Gasteiger partial charge in [0.15, 0.2) is 0 Å². The molecule has 3 fully saturated rings. The summed E-state index contributed by atoms with van der Waals surface area (Å²) in [6, 6.07) is 10.3. The number of allylic oxidation sites excluding steroid dienone is 1. The predicted octanol–water partition coefficient (Wildman–Crippen LogP) is 6.84. The molecule has 6 atom stereocenters. The quantitative estimate of drug-likeness (QED) is 0.551. The van der Waals surface area contributed by atoms with Crippen LogP contribution in [0.1, 0.15) is 83.6 Å². The lowest BCUT2D eigenvalue weighted by molar-refractivity contribution is -0.136. The van der Waals surface area contributed by atoms with Crippen LogP contribution in [-0.2, 0) is 4.74 Å². The lowest BCUT2D eigenvalue weighted by Crippen LogP contribution is -2.55. The summed E-state index contributed by atoms with van der Waals surface area (Å²) in [4.78, 5) is 4.38. The molecule has 2 aromatic rings. The molecule has 2 spiro atoms. The first-order valence-corrected chi connectivity index (χ1v) is 13.6. The Hall–Kier alpha value is -1.97. The van der Waals surface area contributed by atoms with Gasteiger partial charge in [0.05, 0.1) is 11.2 Å². The number of aromatic nitrogens is 1. The molecular weight excluding hydrogens is 416 g/mol. The number of fused-ring (bicyclic) bond motifs is 2. The molecule has 3 heterocycles. The van der Waals surface area contributed by atoms with Crippen molar-refractivity contribution in [3.8, 4) is 0 Å². The first-order valence-electron chi connectivity index (χ1n) is 13.6. The second kappa shape index (κ2) is 7.27. The Morgan fingerprint density at radius 3 is 2.88 bits per heavy atom. The summed E-state index contributed by atoms with van der Waals surface area (Å²) in [7, 11) is 0. The van der Waals surface area contributed by atoms with Crippen LogP contribution in [-0.4, -0.2) is 28.3 Å². The van der Waals surface area contributed by atoms with Crippen LogP contribution in [0, 0.1) is 11.3 Å². The van der Waals surface area contributed by atoms with Crippen LogP contribution < -0.4 is 5.32 Å². The summed E-state index contributed by atoms with van der Waals surface area (Å²) in [6.07, 6.45) is 18.8. The second-order valence-corrected chi connectivity index (χ2v) is 12.5. The fraction of sp³-hybridized carbons (Fsp3) is 0.581. The Kier molecular flexibility index (Phi) is 4.56. The molecule has 3 aliphatic carbocycles. The number of nitrogens with zero attached hydrogens (tertiary/aromatic N) is 1. The van der Waals surface area contributed by atoms with E-state index in [1.54, 1.807) is 5.57 Å². The van der Waals surface area contributed by atoms with Crippen LogP contribution in [0.4, 0.5) is 0 Å². The SMILES string of the molecule is CC(C)NC1CCC2=CC3=CCC4(C)C(c5ccc6ccncc6c5)CCC4[C@@]34CC[C@]2(C1)O4. The van der Waals surface area contributed by atoms with Crippen molar-refractivity contribution in [1.82, 2.24) is 10.3 Å². The Labute approximate surface area is 204 Å². The molecule has 1 saturated heterocycles. The van der Waals surface area contributed by atoms with E-state index in [0.29, 0.717) is 23.9 Å². The molecule has 3 nitrogen and oxygen atoms in total. The third kappa shape index (κ3) is 2.86. The minimum absolute atomic E-state index is 0.0207. The number of nitrogens with one attached hydrogen (secondary N) is 1. The van der Waals surface area contributed by atoms with Crippen LogP contribution >= 0.6 is 0 Å². The van der Waals surface area contributed by atoms with Gasteiger partial charge >= 0.3 is 0 Å². The molecule has 1 N–H and O–H groups in total. The van der Waals surface area contributed by atoms with Crippen LogP contribution in [0.15, 0.2) is 60.0 Å². The van der Waals surface area contributed by atoms with Gasteiger partial charge in [-0.1, -0.05) is 45.1 Å². The monoisotopic (exact) mass is 454 g/mol. The second-order valence-electron chi connectivity index (χ2n) is 12.5. The molecule has 1 aromatic heterocycles. The predicted molar refractivity (Wildman–Crippen MR) is 138 cm³/mol. The minimum atomic E-state index is -0.0661. The normalized spacial score (nSPS) is 40.5. The summed E-state index contributed by atoms with van der Waals surface area (Å²) in [5, 5.41) is 6.39. The Morgan fingerprint density at radius 1 is 1.09 bits per heavy atom. The van der Waals surface area contributed by atoms with Gasteiger partial charge in [-0.25, -0.2) is 0 Å². The maximum absolute atomic E-state index is 7.44. The zero-order valence-electron chi connectivity index (χ0n) is 20.9. The summed E-state index contributed by atoms with van der Waals surface area (Å²) in [5.74, 6) is 1.19. The zero-order valence-corrected chi connectivity index (χ0v) is 20.9. The third-order valence-corrected chi connectivity index (χ3v) is 10.3. The van der Waals surface area contributed by atoms with E-state index >= 15 is 0 Å². The van der Waals surface area contributed by atoms with Crippen molar-refractivity contribution >= 4 is 10.8 Å². The molecule has 0 radical (unpaired) electrons. The van der Waals surface area contributed by atoms with Crippen LogP contribution in [0.2, 0.25) is 0 Å². The number of hydrogen-bond donors (Lipinski definition) is 1. The smallest absolute Gasteiger partial charge is 0.0974 e. The van der Waals surface area contributed by atoms with Crippen molar-refractivity contribution in [2.24, 2.45) is 11.3 Å². The summed E-state index contributed by atoms with van der Waals surface area (Å²) >= 11 is 0. The molecule has 7 rings (SSSR count). The maximum Gasteiger partial charge on any atom is 0.0974 e. The zero-order chi connectivity index (χ0) is 23.1. The lowest BCUT2D eigenvalue weighted by atomic mass is 9.58. The molecule has 3 heteroatoms. The Morgan fingerprint density at radius 2 is 2.00 bits per heavy atom. The maximum atomic E-state index is 7.44. The lowest BCUT2D eigenvalue weighted by Gasteiger charge is -2.54. The highest BCUT2D eigenvalue weighted by Crippen LogP contribution is 2.69. The summed E-state index contributed by atoms with van der Waals surface area (Å²) in [6.45, 7) is 7.12. The molecule has 2 saturated carbocycles. The van der Waals surface area contributed by atoms with Gasteiger partial charge in [-0.05, 0) is 103 Å². The largest absolute Gasteiger partial charge is 0.359 e. The molecule has 5 aliphatic rings. The minimum Gasteiger partial charge on any atom is -0.359 e. The first kappa shape index (κ1) is 21.3. The number of pyridine rings is 1. The molecule has 178 valence electrons. The Bertz CT molecular complexity index is 1210. The van der Waals surface area contributed by atoms with E-state index in [1.807, 2.05) is 12.4 Å². The highest BCUT2D eigenvalue weighted by Gasteiger charge is 2.66. The average molecular weight is 455 g/mol. The fourth-order valence-electron chi connectivity index (χ4n) is 8.89. The van der Waals surface area contributed by atoms with Crippen molar-refractivity contribution in [3.05, 3.63) is 65.5 Å². The van der Waals surface area contributed by atoms with Gasteiger partial charge in [0, 0.05) is 29.9 Å². The van der Waals surface area contributed by atoms with Gasteiger partial charge in [0.2, 0.25) is 0 Å². The molecule has 2 aliphatic heterocycles. The van der Waals surface area contributed by atoms with E-state index in [0.717, 1.165) is 6.42 Å². The molecule has 4 unspecified atom stereocenters. The van der Waals surface area contributed by atoms with Gasteiger partial charge < -0.3 is 10.1 Å². The van der Waals surface area contributed by atoms with Crippen molar-refractivity contribution < 1.29 is 4.74 Å². The number of rotatable bonds is 3. The highest BCUT2D eigenvalue weighted by molar-refractivity contribution is 5.82. The van der Waals surface area contributed by atoms with E-state index in [1.165, 1.54) is 66.9 Å². The molecule has 2 bridgehead atoms. The van der Waals surface area contributed by atoms with Crippen LogP contribution in [0.5, 0.6) is 0 Å². The van der Waals surface area contributed by atoms with Crippen LogP contribution in [0.25, 0.3) is 10.8 Å². The van der Waals surface area contributed by atoms with Gasteiger partial charge in [0.1, 0.15) is 0 Å². The highest BCUT2D eigenvalue weighted by atomic mass is 16.5. The number of hydrogen-bond acceptors (Lipinski definition) is 3. The van der Waals surface area contributed by atoms with E-state index in [4.69, 9.17) is 4.74 Å². The summed E-state index contributed by atoms with van der Waals surface area (Å²) in [5.41, 5.74) is 4.78. The standard InChI is InChI=1S/C31H38N2O/c1-20(2)33-26-7-6-24-17-25-10-12-29(3)27(22-5-4-21-11-15-32-19-23(21)16-22)8-9-28(29)31(25)14-13-30(24,18-26)34-31/h4-5,10-11,15-17,19-20,26-28,33H,6-9,12-14,18H2,1-3H3/t26?,27?,28?,29?,30-,31-/m1/s1. The number of ether oxygens (including phenoxy) is 1. The van der Waals surface area contributed by atoms with Gasteiger partial charge in [0.25, 0.3) is 0 Å². The van der Waals surface area contributed by atoms with Crippen molar-refractivity contribution in [2.75, 3.05) is 0 Å². The number of benzene rings is 1. The first-order chi connectivity index (χ1) is 16.4. The van der Waals surface area contributed by atoms with Crippen LogP contribution in [0.3, 0.4) is 0 Å². The van der Waals surface area contributed by atoms with Gasteiger partial charge in [-0.15, -0.1) is 0 Å². The van der Waals surface area contributed by atoms with Crippen molar-refractivity contribution in [3.63, 3.8) is 0 Å².